The Kier molecular flexibility index (Phi) is 19.5. The van der Waals surface area contributed by atoms with E-state index < -0.39 is 102 Å². The number of nitrogens with zero attached hydrogens (tertiary/aromatic N) is 4. The molecule has 18 nitrogen and oxygen atoms in total. The summed E-state index contributed by atoms with van der Waals surface area (Å²) in [6.45, 7) is 13.3. The topological polar surface area (TPSA) is 241 Å². The molecule has 4 N–H and O–H groups in total. The number of aromatic nitrogens is 3. The molecule has 0 saturated carbocycles. The standard InChI is InChI=1S/C52H70N6O12/c1-11-40-52(8,65-30-59)45(53)33(4)42(61)31(2)28-51(7,70-50(64)57-24-13-15-36-17-20-38(21-18-36)47-55-25-14-26-56-47)46(69-49-43(62)39(58(9)10)27-32(3)66-49)34(5)44(35(6)48(63)67-40)68-41(60)22-19-37-16-12-23-54-29-37/h12-23,25-26,29-35,39-40,43-46,49,62H,11,24,27-28,53H2,1-10H3,(H,57,64)/b15-13+,22-19+/t31-,32-,33+,34+,35-,39+,40-,43-,44+,45-,46-,49+,51-,52-/m1/s1. The Morgan fingerprint density at radius 1 is 0.971 bits per heavy atom. The highest BCUT2D eigenvalue weighted by atomic mass is 16.7. The number of nitrogens with one attached hydrogen (secondary N) is 1. The van der Waals surface area contributed by atoms with E-state index in [1.165, 1.54) is 26.0 Å². The first-order chi connectivity index (χ1) is 33.2. The van der Waals surface area contributed by atoms with Gasteiger partial charge in [-0.05, 0) is 90.4 Å². The van der Waals surface area contributed by atoms with Crippen molar-refractivity contribution in [3.63, 3.8) is 0 Å². The van der Waals surface area contributed by atoms with Crippen LogP contribution >= 0.6 is 0 Å². The van der Waals surface area contributed by atoms with E-state index in [9.17, 15) is 29.1 Å². The Morgan fingerprint density at radius 2 is 1.67 bits per heavy atom. The first-order valence-electron chi connectivity index (χ1n) is 23.8. The summed E-state index contributed by atoms with van der Waals surface area (Å²) in [7, 11) is 3.65. The van der Waals surface area contributed by atoms with Gasteiger partial charge in [-0.1, -0.05) is 70.2 Å². The largest absolute Gasteiger partial charge is 0.458 e. The van der Waals surface area contributed by atoms with Gasteiger partial charge >= 0.3 is 18.0 Å². The van der Waals surface area contributed by atoms with E-state index in [0.717, 1.165) is 11.1 Å². The minimum Gasteiger partial charge on any atom is -0.458 e. The molecule has 18 heteroatoms. The third-order valence-electron chi connectivity index (χ3n) is 13.5. The number of ether oxygens (including phenoxy) is 6. The Labute approximate surface area is 410 Å². The average molecular weight is 971 g/mol. The fourth-order valence-corrected chi connectivity index (χ4v) is 9.56. The van der Waals surface area contributed by atoms with Gasteiger partial charge in [0, 0.05) is 66.8 Å². The number of nitrogens with two attached hydrogens (primary N) is 1. The van der Waals surface area contributed by atoms with Gasteiger partial charge in [-0.3, -0.25) is 19.4 Å². The van der Waals surface area contributed by atoms with Crippen LogP contribution in [0.3, 0.4) is 0 Å². The van der Waals surface area contributed by atoms with E-state index in [1.807, 2.05) is 56.3 Å². The zero-order chi connectivity index (χ0) is 51.3. The molecular formula is C52H70N6O12. The van der Waals surface area contributed by atoms with Crippen LogP contribution in [-0.2, 0) is 47.6 Å². The van der Waals surface area contributed by atoms with Crippen molar-refractivity contribution >= 4 is 42.4 Å². The molecule has 2 fully saturated rings. The van der Waals surface area contributed by atoms with Crippen LogP contribution in [0.1, 0.15) is 85.8 Å². The molecule has 5 rings (SSSR count). The Balaban J connectivity index is 1.59. The minimum absolute atomic E-state index is 0.0205. The highest BCUT2D eigenvalue weighted by Gasteiger charge is 2.54. The first kappa shape index (κ1) is 55.0. The average Bonchev–Trinajstić information content (AvgIpc) is 3.34. The molecule has 14 atom stereocenters. The maximum Gasteiger partial charge on any atom is 0.408 e. The van der Waals surface area contributed by atoms with Crippen molar-refractivity contribution in [1.82, 2.24) is 25.2 Å². The highest BCUT2D eigenvalue weighted by Crippen LogP contribution is 2.41. The predicted octanol–water partition coefficient (Wildman–Crippen LogP) is 5.57. The van der Waals surface area contributed by atoms with E-state index in [-0.39, 0.29) is 31.6 Å². The number of hydrogen-bond acceptors (Lipinski definition) is 17. The van der Waals surface area contributed by atoms with Gasteiger partial charge in [-0.15, -0.1) is 0 Å². The third-order valence-corrected chi connectivity index (χ3v) is 13.5. The van der Waals surface area contributed by atoms with Crippen LogP contribution in [0, 0.1) is 23.7 Å². The summed E-state index contributed by atoms with van der Waals surface area (Å²) in [5.41, 5.74) is 5.61. The lowest BCUT2D eigenvalue weighted by molar-refractivity contribution is -0.298. The van der Waals surface area contributed by atoms with Gasteiger partial charge in [0.25, 0.3) is 6.47 Å². The van der Waals surface area contributed by atoms with Crippen LogP contribution in [0.4, 0.5) is 4.79 Å². The molecule has 380 valence electrons. The number of rotatable bonds is 14. The first-order valence-corrected chi connectivity index (χ1v) is 23.8. The van der Waals surface area contributed by atoms with Gasteiger partial charge in [0.15, 0.2) is 17.7 Å². The number of Topliss-reactive ketones (excluding diaryl/α,β-unsaturated/α-hetero) is 1. The van der Waals surface area contributed by atoms with Gasteiger partial charge < -0.3 is 49.5 Å². The molecule has 1 amide bonds. The molecular weight excluding hydrogens is 901 g/mol. The van der Waals surface area contributed by atoms with Gasteiger partial charge in [0.2, 0.25) is 0 Å². The van der Waals surface area contributed by atoms with Gasteiger partial charge in [0.1, 0.15) is 35.8 Å². The number of amides is 1. The van der Waals surface area contributed by atoms with Crippen LogP contribution in [0.15, 0.2) is 79.4 Å². The summed E-state index contributed by atoms with van der Waals surface area (Å²) in [5, 5.41) is 14.6. The molecule has 3 aromatic rings. The van der Waals surface area contributed by atoms with E-state index in [4.69, 9.17) is 34.2 Å². The van der Waals surface area contributed by atoms with Crippen LogP contribution in [0.5, 0.6) is 0 Å². The SMILES string of the molecule is CC[C@H]1OC(=O)[C@H](C)[C@@H](OC(=O)/C=C/c2cccnc2)[C@H](C)[C@@H](O[C@@H]2O[C@H](C)C[C@H](N(C)C)[C@H]2O)[C@](C)(OC(=O)NC/C=C/c2ccc(-c3ncccn3)cc2)C[C@@H](C)C(=O)[C@H](C)[C@@H](N)[C@]1(C)OC=O. The molecule has 0 radical (unpaired) electrons. The number of aliphatic hydroxyl groups is 1. The van der Waals surface area contributed by atoms with E-state index in [1.54, 1.807) is 83.7 Å². The third kappa shape index (κ3) is 13.7. The zero-order valence-electron chi connectivity index (χ0n) is 41.8. The highest BCUT2D eigenvalue weighted by molar-refractivity contribution is 5.87. The number of carbonyl (C=O) groups excluding carboxylic acids is 5. The summed E-state index contributed by atoms with van der Waals surface area (Å²) >= 11 is 0. The number of esters is 2. The van der Waals surface area contributed by atoms with Crippen LogP contribution in [0.25, 0.3) is 23.5 Å². The second-order valence-electron chi connectivity index (χ2n) is 19.0. The number of aliphatic hydroxyl groups excluding tert-OH is 1. The van der Waals surface area contributed by atoms with Crippen LogP contribution in [-0.4, -0.2) is 136 Å². The summed E-state index contributed by atoms with van der Waals surface area (Å²) in [6.07, 6.45) is 5.34. The minimum atomic E-state index is -1.81. The summed E-state index contributed by atoms with van der Waals surface area (Å²) in [6, 6.07) is 11.1. The Bertz CT molecular complexity index is 2270. The summed E-state index contributed by atoms with van der Waals surface area (Å²) in [4.78, 5) is 83.9. The lowest BCUT2D eigenvalue weighted by Crippen LogP contribution is -2.63. The number of likely N-dealkylation sites (N-methyl/N-ethyl adjacent to an activating group) is 1. The molecule has 0 bridgehead atoms. The number of carbonyl (C=O) groups is 5. The monoisotopic (exact) mass is 971 g/mol. The Morgan fingerprint density at radius 3 is 2.30 bits per heavy atom. The van der Waals surface area contributed by atoms with Crippen molar-refractivity contribution in [2.45, 2.75) is 135 Å². The molecule has 0 spiro atoms. The van der Waals surface area contributed by atoms with Crippen LogP contribution in [0.2, 0.25) is 0 Å². The van der Waals surface area contributed by atoms with E-state index in [0.29, 0.717) is 17.8 Å². The normalized spacial score (nSPS) is 32.5. The molecule has 2 aromatic heterocycles. The number of hydrogen-bond donors (Lipinski definition) is 3. The molecule has 0 aliphatic carbocycles. The van der Waals surface area contributed by atoms with Gasteiger partial charge in [-0.2, -0.15) is 0 Å². The second kappa shape index (κ2) is 24.8. The number of cyclic esters (lactones) is 1. The maximum atomic E-state index is 14.6. The lowest BCUT2D eigenvalue weighted by atomic mass is 9.73. The molecule has 70 heavy (non-hydrogen) atoms. The molecule has 2 aliphatic heterocycles. The molecule has 2 saturated heterocycles. The number of benzene rings is 1. The fourth-order valence-electron chi connectivity index (χ4n) is 9.56. The van der Waals surface area contributed by atoms with Crippen molar-refractivity contribution in [3.8, 4) is 11.4 Å². The van der Waals surface area contributed by atoms with E-state index in [2.05, 4.69) is 20.3 Å². The number of ketones is 1. The smallest absolute Gasteiger partial charge is 0.408 e. The summed E-state index contributed by atoms with van der Waals surface area (Å²) < 4.78 is 37.6. The van der Waals surface area contributed by atoms with E-state index >= 15 is 0 Å². The molecule has 2 aliphatic rings. The number of alkyl carbamates (subject to hydrolysis) is 1. The lowest BCUT2D eigenvalue weighted by Gasteiger charge is -2.48. The molecule has 0 unspecified atom stereocenters. The summed E-state index contributed by atoms with van der Waals surface area (Å²) in [5.74, 6) is -5.73. The van der Waals surface area contributed by atoms with Crippen molar-refractivity contribution in [2.24, 2.45) is 29.4 Å². The fraction of sp³-hybridized carbons (Fsp3) is 0.538. The van der Waals surface area contributed by atoms with Crippen molar-refractivity contribution < 1.29 is 57.5 Å². The predicted molar refractivity (Wildman–Crippen MR) is 260 cm³/mol. The van der Waals surface area contributed by atoms with Gasteiger partial charge in [-0.25, -0.2) is 19.6 Å². The quantitative estimate of drug-likeness (QED) is 0.0774. The number of pyridine rings is 1. The maximum absolute atomic E-state index is 14.6. The van der Waals surface area contributed by atoms with Crippen LogP contribution < -0.4 is 11.1 Å². The van der Waals surface area contributed by atoms with Gasteiger partial charge in [0.05, 0.1) is 18.1 Å². The van der Waals surface area contributed by atoms with Crippen molar-refractivity contribution in [1.29, 1.82) is 0 Å². The van der Waals surface area contributed by atoms with Crippen molar-refractivity contribution in [3.05, 3.63) is 90.5 Å². The molecule has 4 heterocycles. The van der Waals surface area contributed by atoms with Crippen molar-refractivity contribution in [2.75, 3.05) is 20.6 Å². The Hall–Kier alpha value is -5.92. The second-order valence-corrected chi connectivity index (χ2v) is 19.0. The molecule has 1 aromatic carbocycles. The zero-order valence-corrected chi connectivity index (χ0v) is 41.8.